The minimum absolute atomic E-state index is 0.149. The van der Waals surface area contributed by atoms with Gasteiger partial charge < -0.3 is 4.74 Å². The Kier molecular flexibility index (Phi) is 4.25. The molecule has 0 radical (unpaired) electrons. The second kappa shape index (κ2) is 6.00. The summed E-state index contributed by atoms with van der Waals surface area (Å²) < 4.78 is 29.2. The van der Waals surface area contributed by atoms with Crippen molar-refractivity contribution in [3.05, 3.63) is 64.7 Å². The Morgan fingerprint density at radius 3 is 1.96 bits per heavy atom. The monoisotopic (exact) mass is 376 g/mol. The lowest BCUT2D eigenvalue weighted by atomic mass is 9.93. The number of ketones is 1. The molecule has 0 aliphatic carbocycles. The zero-order valence-corrected chi connectivity index (χ0v) is 15.6. The highest BCUT2D eigenvalue weighted by Crippen LogP contribution is 2.41. The fourth-order valence-electron chi connectivity index (χ4n) is 2.69. The summed E-state index contributed by atoms with van der Waals surface area (Å²) >= 11 is 5.94. The van der Waals surface area contributed by atoms with Gasteiger partial charge in [-0.25, -0.2) is 8.42 Å². The molecule has 1 heterocycles. The van der Waals surface area contributed by atoms with Crippen LogP contribution >= 0.6 is 11.6 Å². The van der Waals surface area contributed by atoms with Crippen molar-refractivity contribution < 1.29 is 17.9 Å². The maximum atomic E-state index is 12.8. The fourth-order valence-corrected chi connectivity index (χ4v) is 3.45. The summed E-state index contributed by atoms with van der Waals surface area (Å²) in [5, 5.41) is 0.590. The van der Waals surface area contributed by atoms with E-state index < -0.39 is 15.4 Å². The van der Waals surface area contributed by atoms with Crippen molar-refractivity contribution in [3.63, 3.8) is 0 Å². The topological polar surface area (TPSA) is 60.4 Å². The van der Waals surface area contributed by atoms with Gasteiger partial charge >= 0.3 is 0 Å². The van der Waals surface area contributed by atoms with Gasteiger partial charge in [0.05, 0.1) is 10.5 Å². The molecule has 0 unspecified atom stereocenters. The quantitative estimate of drug-likeness (QED) is 0.812. The van der Waals surface area contributed by atoms with Crippen molar-refractivity contribution in [2.75, 3.05) is 6.26 Å². The van der Waals surface area contributed by atoms with Crippen molar-refractivity contribution in [1.29, 1.82) is 0 Å². The molecule has 0 saturated carbocycles. The fraction of sp³-hybridized carbons (Fsp3) is 0.211. The molecule has 6 heteroatoms. The summed E-state index contributed by atoms with van der Waals surface area (Å²) in [4.78, 5) is 13.0. The van der Waals surface area contributed by atoms with E-state index in [1.54, 1.807) is 50.2 Å². The molecule has 1 aliphatic rings. The van der Waals surface area contributed by atoms with Crippen LogP contribution in [0.3, 0.4) is 0 Å². The van der Waals surface area contributed by atoms with Crippen LogP contribution in [0, 0.1) is 0 Å². The first-order valence-corrected chi connectivity index (χ1v) is 9.91. The molecule has 0 N–H and O–H groups in total. The number of carbonyl (C=O) groups is 1. The number of carbonyl (C=O) groups excluding carboxylic acids is 1. The van der Waals surface area contributed by atoms with Crippen LogP contribution in [0.2, 0.25) is 5.02 Å². The SMILES string of the molecule is CC1(C)OC(c2ccc(Cl)cc2)=C(c2ccc(S(C)(=O)=O)cc2)C1=O. The Balaban J connectivity index is 2.15. The van der Waals surface area contributed by atoms with Crippen LogP contribution in [0.15, 0.2) is 53.4 Å². The van der Waals surface area contributed by atoms with Gasteiger partial charge in [0.1, 0.15) is 5.76 Å². The summed E-state index contributed by atoms with van der Waals surface area (Å²) in [5.74, 6) is 0.323. The molecule has 2 aromatic rings. The van der Waals surface area contributed by atoms with E-state index in [0.29, 0.717) is 21.9 Å². The van der Waals surface area contributed by atoms with Crippen molar-refractivity contribution >= 4 is 38.6 Å². The predicted octanol–water partition coefficient (Wildman–Crippen LogP) is 3.99. The smallest absolute Gasteiger partial charge is 0.210 e. The summed E-state index contributed by atoms with van der Waals surface area (Å²) in [5.41, 5.74) is 0.811. The van der Waals surface area contributed by atoms with Crippen molar-refractivity contribution in [1.82, 2.24) is 0 Å². The molecule has 2 aromatic carbocycles. The molecule has 0 bridgehead atoms. The summed E-state index contributed by atoms with van der Waals surface area (Å²) in [7, 11) is -3.30. The first-order valence-electron chi connectivity index (χ1n) is 7.64. The highest BCUT2D eigenvalue weighted by Gasteiger charge is 2.42. The number of hydrogen-bond donors (Lipinski definition) is 0. The molecule has 0 atom stereocenters. The molecule has 0 saturated heterocycles. The first kappa shape index (κ1) is 17.7. The lowest BCUT2D eigenvalue weighted by Crippen LogP contribution is -2.29. The van der Waals surface area contributed by atoms with Crippen LogP contribution in [0.4, 0.5) is 0 Å². The van der Waals surface area contributed by atoms with Crippen LogP contribution in [0.25, 0.3) is 11.3 Å². The van der Waals surface area contributed by atoms with Crippen molar-refractivity contribution in [3.8, 4) is 0 Å². The highest BCUT2D eigenvalue weighted by molar-refractivity contribution is 7.90. The third-order valence-corrected chi connectivity index (χ3v) is 5.42. The minimum atomic E-state index is -3.30. The molecule has 25 heavy (non-hydrogen) atoms. The van der Waals surface area contributed by atoms with E-state index in [1.807, 2.05) is 0 Å². The van der Waals surface area contributed by atoms with Gasteiger partial charge in [-0.3, -0.25) is 4.79 Å². The third kappa shape index (κ3) is 3.34. The van der Waals surface area contributed by atoms with Crippen LogP contribution in [0.5, 0.6) is 0 Å². The Morgan fingerprint density at radius 2 is 1.44 bits per heavy atom. The van der Waals surface area contributed by atoms with Gasteiger partial charge in [-0.15, -0.1) is 0 Å². The Labute approximate surface area is 152 Å². The number of rotatable bonds is 3. The molecule has 3 rings (SSSR count). The van der Waals surface area contributed by atoms with Gasteiger partial charge in [0.25, 0.3) is 0 Å². The molecule has 0 fully saturated rings. The van der Waals surface area contributed by atoms with Crippen LogP contribution in [-0.4, -0.2) is 26.1 Å². The van der Waals surface area contributed by atoms with Gasteiger partial charge in [-0.1, -0.05) is 23.7 Å². The average Bonchev–Trinajstić information content (AvgIpc) is 2.78. The Bertz CT molecular complexity index is 969. The van der Waals surface area contributed by atoms with E-state index >= 15 is 0 Å². The van der Waals surface area contributed by atoms with E-state index in [-0.39, 0.29) is 10.7 Å². The second-order valence-electron chi connectivity index (χ2n) is 6.45. The number of ether oxygens (including phenoxy) is 1. The zero-order chi connectivity index (χ0) is 18.4. The Morgan fingerprint density at radius 1 is 0.920 bits per heavy atom. The van der Waals surface area contributed by atoms with Gasteiger partial charge in [0.15, 0.2) is 15.4 Å². The Hall–Kier alpha value is -2.11. The van der Waals surface area contributed by atoms with E-state index in [4.69, 9.17) is 16.3 Å². The van der Waals surface area contributed by atoms with E-state index in [2.05, 4.69) is 0 Å². The number of hydrogen-bond acceptors (Lipinski definition) is 4. The van der Waals surface area contributed by atoms with E-state index in [9.17, 15) is 13.2 Å². The summed E-state index contributed by atoms with van der Waals surface area (Å²) in [6, 6.07) is 13.3. The second-order valence-corrected chi connectivity index (χ2v) is 8.90. The van der Waals surface area contributed by atoms with Crippen LogP contribution in [0.1, 0.15) is 25.0 Å². The van der Waals surface area contributed by atoms with Crippen LogP contribution < -0.4 is 0 Å². The number of Topliss-reactive ketones (excluding diaryl/α,β-unsaturated/α-hetero) is 1. The maximum absolute atomic E-state index is 12.8. The summed E-state index contributed by atoms with van der Waals surface area (Å²) in [6.07, 6.45) is 1.15. The molecule has 1 aliphatic heterocycles. The van der Waals surface area contributed by atoms with Crippen molar-refractivity contribution in [2.24, 2.45) is 0 Å². The van der Waals surface area contributed by atoms with Crippen molar-refractivity contribution in [2.45, 2.75) is 24.3 Å². The summed E-state index contributed by atoms with van der Waals surface area (Å²) in [6.45, 7) is 3.42. The average molecular weight is 377 g/mol. The predicted molar refractivity (Wildman–Crippen MR) is 98.0 cm³/mol. The minimum Gasteiger partial charge on any atom is -0.478 e. The van der Waals surface area contributed by atoms with E-state index in [1.165, 1.54) is 12.1 Å². The number of sulfone groups is 1. The third-order valence-electron chi connectivity index (χ3n) is 4.04. The van der Waals surface area contributed by atoms with Gasteiger partial charge in [-0.2, -0.15) is 0 Å². The number of halogens is 1. The molecule has 130 valence electrons. The van der Waals surface area contributed by atoms with Gasteiger partial charge in [0.2, 0.25) is 5.78 Å². The normalized spacial score (nSPS) is 16.9. The molecule has 0 amide bonds. The lowest BCUT2D eigenvalue weighted by Gasteiger charge is -2.17. The maximum Gasteiger partial charge on any atom is 0.210 e. The largest absolute Gasteiger partial charge is 0.478 e. The standard InChI is InChI=1S/C19H17ClO4S/c1-19(2)18(21)16(12-6-10-15(11-7-12)25(3,22)23)17(24-19)13-4-8-14(20)9-5-13/h4-11H,1-3H3. The highest BCUT2D eigenvalue weighted by atomic mass is 35.5. The molecule has 4 nitrogen and oxygen atoms in total. The molecule has 0 spiro atoms. The zero-order valence-electron chi connectivity index (χ0n) is 14.0. The number of benzene rings is 2. The molecule has 0 aromatic heterocycles. The van der Waals surface area contributed by atoms with Gasteiger partial charge in [0, 0.05) is 16.8 Å². The first-order chi connectivity index (χ1) is 11.6. The molecular weight excluding hydrogens is 360 g/mol. The molecular formula is C19H17ClO4S. The van der Waals surface area contributed by atoms with E-state index in [0.717, 1.165) is 11.8 Å². The van der Waals surface area contributed by atoms with Gasteiger partial charge in [-0.05, 0) is 55.8 Å². The van der Waals surface area contributed by atoms with Crippen LogP contribution in [-0.2, 0) is 19.4 Å². The lowest BCUT2D eigenvalue weighted by molar-refractivity contribution is -0.125.